The van der Waals surface area contributed by atoms with Crippen LogP contribution in [0.15, 0.2) is 22.7 Å². The molecule has 1 heterocycles. The molecule has 1 N–H and O–H groups in total. The Bertz CT molecular complexity index is 448. The molecule has 118 valence electrons. The molecule has 6 heteroatoms. The first-order valence-electron chi connectivity index (χ1n) is 7.32. The minimum absolute atomic E-state index is 0.244. The van der Waals surface area contributed by atoms with E-state index in [0.717, 1.165) is 55.9 Å². The number of aliphatic hydroxyl groups is 1. The Morgan fingerprint density at radius 3 is 2.52 bits per heavy atom. The van der Waals surface area contributed by atoms with Gasteiger partial charge in [-0.3, -0.25) is 9.80 Å². The molecule has 4 nitrogen and oxygen atoms in total. The number of β-amino-alcohol motifs (C(OH)–C–C–N with tert-alkyl or cyclic N) is 1. The van der Waals surface area contributed by atoms with Gasteiger partial charge in [0.05, 0.1) is 11.1 Å². The third-order valence-electron chi connectivity index (χ3n) is 3.66. The van der Waals surface area contributed by atoms with E-state index >= 15 is 0 Å². The number of benzene rings is 1. The predicted octanol–water partition coefficient (Wildman–Crippen LogP) is 2.48. The highest BCUT2D eigenvalue weighted by molar-refractivity contribution is 9.10. The van der Waals surface area contributed by atoms with Gasteiger partial charge in [0.1, 0.15) is 12.4 Å². The molecule has 21 heavy (non-hydrogen) atoms. The van der Waals surface area contributed by atoms with Gasteiger partial charge in [0.15, 0.2) is 0 Å². The summed E-state index contributed by atoms with van der Waals surface area (Å²) >= 11 is 9.37. The highest BCUT2D eigenvalue weighted by Gasteiger charge is 2.14. The summed E-state index contributed by atoms with van der Waals surface area (Å²) in [5.41, 5.74) is 0. The SMILES string of the molecule is OCCN1CCCN(CCOc2ccc(Cl)cc2Br)CC1. The number of halogens is 2. The molecule has 1 aromatic carbocycles. The van der Waals surface area contributed by atoms with Crippen LogP contribution in [-0.4, -0.2) is 67.4 Å². The summed E-state index contributed by atoms with van der Waals surface area (Å²) in [4.78, 5) is 4.73. The molecule has 0 atom stereocenters. The smallest absolute Gasteiger partial charge is 0.133 e. The van der Waals surface area contributed by atoms with Gasteiger partial charge >= 0.3 is 0 Å². The van der Waals surface area contributed by atoms with Crippen molar-refractivity contribution in [2.24, 2.45) is 0 Å². The van der Waals surface area contributed by atoms with Crippen molar-refractivity contribution in [2.75, 3.05) is 52.5 Å². The fourth-order valence-corrected chi connectivity index (χ4v) is 3.29. The second-order valence-electron chi connectivity index (χ2n) is 5.18. The molecule has 0 amide bonds. The maximum Gasteiger partial charge on any atom is 0.133 e. The van der Waals surface area contributed by atoms with Crippen molar-refractivity contribution in [2.45, 2.75) is 6.42 Å². The lowest BCUT2D eigenvalue weighted by Crippen LogP contribution is -2.34. The average molecular weight is 378 g/mol. The van der Waals surface area contributed by atoms with Crippen molar-refractivity contribution in [3.63, 3.8) is 0 Å². The zero-order chi connectivity index (χ0) is 15.1. The summed E-state index contributed by atoms with van der Waals surface area (Å²) < 4.78 is 6.70. The van der Waals surface area contributed by atoms with E-state index in [9.17, 15) is 0 Å². The minimum atomic E-state index is 0.244. The van der Waals surface area contributed by atoms with Crippen LogP contribution in [0.3, 0.4) is 0 Å². The maximum atomic E-state index is 9.00. The molecule has 1 saturated heterocycles. The van der Waals surface area contributed by atoms with Gasteiger partial charge in [0.2, 0.25) is 0 Å². The minimum Gasteiger partial charge on any atom is -0.491 e. The highest BCUT2D eigenvalue weighted by Crippen LogP contribution is 2.27. The Morgan fingerprint density at radius 2 is 1.86 bits per heavy atom. The highest BCUT2D eigenvalue weighted by atomic mass is 79.9. The fraction of sp³-hybridized carbons (Fsp3) is 0.600. The molecule has 1 aromatic rings. The summed E-state index contributed by atoms with van der Waals surface area (Å²) in [6.45, 7) is 6.82. The van der Waals surface area contributed by atoms with Crippen LogP contribution < -0.4 is 4.74 Å². The second-order valence-corrected chi connectivity index (χ2v) is 6.47. The topological polar surface area (TPSA) is 35.9 Å². The Balaban J connectivity index is 1.73. The van der Waals surface area contributed by atoms with Gasteiger partial charge < -0.3 is 9.84 Å². The summed E-state index contributed by atoms with van der Waals surface area (Å²) in [5.74, 6) is 0.830. The summed E-state index contributed by atoms with van der Waals surface area (Å²) in [5, 5.41) is 9.70. The lowest BCUT2D eigenvalue weighted by atomic mass is 10.3. The van der Waals surface area contributed by atoms with Crippen molar-refractivity contribution in [3.8, 4) is 5.75 Å². The first-order chi connectivity index (χ1) is 10.2. The molecule has 1 aliphatic heterocycles. The van der Waals surface area contributed by atoms with Gasteiger partial charge in [0.25, 0.3) is 0 Å². The van der Waals surface area contributed by atoms with Gasteiger partial charge in [-0.1, -0.05) is 11.6 Å². The Labute approximate surface area is 139 Å². The Morgan fingerprint density at radius 1 is 1.14 bits per heavy atom. The van der Waals surface area contributed by atoms with E-state index in [1.807, 2.05) is 18.2 Å². The number of ether oxygens (including phenoxy) is 1. The van der Waals surface area contributed by atoms with E-state index in [0.29, 0.717) is 11.6 Å². The van der Waals surface area contributed by atoms with Crippen LogP contribution >= 0.6 is 27.5 Å². The van der Waals surface area contributed by atoms with Crippen LogP contribution in [0.4, 0.5) is 0 Å². The maximum absolute atomic E-state index is 9.00. The number of hydrogen-bond acceptors (Lipinski definition) is 4. The van der Waals surface area contributed by atoms with E-state index in [4.69, 9.17) is 21.4 Å². The van der Waals surface area contributed by atoms with Crippen LogP contribution in [0.2, 0.25) is 5.02 Å². The monoisotopic (exact) mass is 376 g/mol. The van der Waals surface area contributed by atoms with Crippen LogP contribution in [0.1, 0.15) is 6.42 Å². The number of hydrogen-bond donors (Lipinski definition) is 1. The fourth-order valence-electron chi connectivity index (χ4n) is 2.49. The molecule has 2 rings (SSSR count). The third kappa shape index (κ3) is 5.75. The van der Waals surface area contributed by atoms with Crippen molar-refractivity contribution in [3.05, 3.63) is 27.7 Å². The van der Waals surface area contributed by atoms with E-state index in [2.05, 4.69) is 25.7 Å². The van der Waals surface area contributed by atoms with Crippen LogP contribution in [0, 0.1) is 0 Å². The van der Waals surface area contributed by atoms with Crippen molar-refractivity contribution in [1.29, 1.82) is 0 Å². The quantitative estimate of drug-likeness (QED) is 0.826. The van der Waals surface area contributed by atoms with Crippen LogP contribution in [-0.2, 0) is 0 Å². The molecule has 0 spiro atoms. The lowest BCUT2D eigenvalue weighted by Gasteiger charge is -2.21. The Hall–Kier alpha value is -0.330. The molecular formula is C15H22BrClN2O2. The van der Waals surface area contributed by atoms with E-state index < -0.39 is 0 Å². The first-order valence-corrected chi connectivity index (χ1v) is 8.49. The first kappa shape index (κ1) is 17.0. The average Bonchev–Trinajstić information content (AvgIpc) is 2.67. The van der Waals surface area contributed by atoms with Crippen LogP contribution in [0.5, 0.6) is 5.75 Å². The Kier molecular flexibility index (Phi) is 7.26. The van der Waals surface area contributed by atoms with Crippen molar-refractivity contribution >= 4 is 27.5 Å². The standard InChI is InChI=1S/C15H22BrClN2O2/c16-14-12-13(17)2-3-15(14)21-11-9-19-5-1-4-18(6-7-19)8-10-20/h2-3,12,20H,1,4-11H2. The molecule has 1 aliphatic rings. The van der Waals surface area contributed by atoms with Gasteiger partial charge in [-0.2, -0.15) is 0 Å². The molecule has 0 radical (unpaired) electrons. The lowest BCUT2D eigenvalue weighted by molar-refractivity contribution is 0.188. The normalized spacial score (nSPS) is 17.7. The number of rotatable bonds is 6. The second kappa shape index (κ2) is 8.96. The summed E-state index contributed by atoms with van der Waals surface area (Å²) in [6, 6.07) is 5.56. The summed E-state index contributed by atoms with van der Waals surface area (Å²) in [7, 11) is 0. The molecule has 0 aliphatic carbocycles. The number of aliphatic hydroxyl groups excluding tert-OH is 1. The molecule has 0 bridgehead atoms. The van der Waals surface area contributed by atoms with Gasteiger partial charge in [-0.25, -0.2) is 0 Å². The van der Waals surface area contributed by atoms with Gasteiger partial charge in [-0.15, -0.1) is 0 Å². The van der Waals surface area contributed by atoms with Crippen molar-refractivity contribution < 1.29 is 9.84 Å². The summed E-state index contributed by atoms with van der Waals surface area (Å²) in [6.07, 6.45) is 1.14. The molecular weight excluding hydrogens is 356 g/mol. The van der Waals surface area contributed by atoms with Gasteiger partial charge in [0, 0.05) is 31.2 Å². The van der Waals surface area contributed by atoms with E-state index in [1.165, 1.54) is 0 Å². The third-order valence-corrected chi connectivity index (χ3v) is 4.51. The molecule has 0 aromatic heterocycles. The predicted molar refractivity (Wildman–Crippen MR) is 89.2 cm³/mol. The molecule has 0 saturated carbocycles. The molecule has 0 unspecified atom stereocenters. The largest absolute Gasteiger partial charge is 0.491 e. The molecule has 1 fully saturated rings. The van der Waals surface area contributed by atoms with E-state index in [1.54, 1.807) is 0 Å². The zero-order valence-corrected chi connectivity index (χ0v) is 14.4. The van der Waals surface area contributed by atoms with Crippen LogP contribution in [0.25, 0.3) is 0 Å². The van der Waals surface area contributed by atoms with Crippen molar-refractivity contribution in [1.82, 2.24) is 9.80 Å². The van der Waals surface area contributed by atoms with E-state index in [-0.39, 0.29) is 6.61 Å². The number of nitrogens with zero attached hydrogens (tertiary/aromatic N) is 2. The van der Waals surface area contributed by atoms with Gasteiger partial charge in [-0.05, 0) is 53.6 Å². The zero-order valence-electron chi connectivity index (χ0n) is 12.1.